The van der Waals surface area contributed by atoms with E-state index in [1.165, 1.54) is 0 Å². The van der Waals surface area contributed by atoms with Gasteiger partial charge in [0.25, 0.3) is 5.89 Å². The van der Waals surface area contributed by atoms with Gasteiger partial charge in [0.05, 0.1) is 20.3 Å². The Kier molecular flexibility index (Phi) is 5.99. The smallest absolute Gasteiger partial charge is 0.274 e. The molecule has 1 fully saturated rings. The average Bonchev–Trinajstić information content (AvgIpc) is 3.53. The van der Waals surface area contributed by atoms with Crippen LogP contribution in [0.25, 0.3) is 23.0 Å². The van der Waals surface area contributed by atoms with Crippen LogP contribution in [0.2, 0.25) is 0 Å². The summed E-state index contributed by atoms with van der Waals surface area (Å²) in [6, 6.07) is 9.06. The van der Waals surface area contributed by atoms with Crippen molar-refractivity contribution < 1.29 is 23.5 Å². The molecule has 30 heavy (non-hydrogen) atoms. The number of hydrogen-bond donors (Lipinski definition) is 1. The van der Waals surface area contributed by atoms with Crippen LogP contribution in [-0.2, 0) is 16.1 Å². The van der Waals surface area contributed by atoms with Crippen LogP contribution < -0.4 is 14.8 Å². The number of carbonyl (C=O) groups excluding carboxylic acids is 1. The Bertz CT molecular complexity index is 1010. The number of rotatable bonds is 8. The fourth-order valence-corrected chi connectivity index (χ4v) is 3.41. The second-order valence-electron chi connectivity index (χ2n) is 6.95. The lowest BCUT2D eigenvalue weighted by Gasteiger charge is -2.11. The van der Waals surface area contributed by atoms with Gasteiger partial charge in [-0.3, -0.25) is 4.79 Å². The van der Waals surface area contributed by atoms with Gasteiger partial charge >= 0.3 is 0 Å². The maximum absolute atomic E-state index is 12.3. The summed E-state index contributed by atoms with van der Waals surface area (Å²) < 4.78 is 23.4. The molecule has 2 aromatic heterocycles. The number of nitrogens with zero attached hydrogens (tertiary/aromatic N) is 3. The number of carbonyl (C=O) groups is 1. The molecule has 1 N–H and O–H groups in total. The number of amides is 1. The minimum absolute atomic E-state index is 0.0948. The molecular weight excluding hydrogens is 388 g/mol. The molecule has 1 atom stereocenters. The van der Waals surface area contributed by atoms with Crippen LogP contribution in [0.3, 0.4) is 0 Å². The van der Waals surface area contributed by atoms with Crippen LogP contribution in [0, 0.1) is 0 Å². The van der Waals surface area contributed by atoms with Gasteiger partial charge in [0.2, 0.25) is 11.7 Å². The highest BCUT2D eigenvalue weighted by molar-refractivity contribution is 5.76. The Hall–Kier alpha value is -3.33. The van der Waals surface area contributed by atoms with E-state index in [9.17, 15) is 4.79 Å². The molecule has 1 amide bonds. The van der Waals surface area contributed by atoms with E-state index >= 15 is 0 Å². The second-order valence-corrected chi connectivity index (χ2v) is 6.95. The van der Waals surface area contributed by atoms with Gasteiger partial charge in [0.1, 0.15) is 12.2 Å². The number of ether oxygens (including phenoxy) is 3. The largest absolute Gasteiger partial charge is 0.493 e. The second kappa shape index (κ2) is 9.00. The van der Waals surface area contributed by atoms with Crippen LogP contribution >= 0.6 is 0 Å². The molecule has 0 saturated carbocycles. The van der Waals surface area contributed by atoms with E-state index in [1.54, 1.807) is 37.1 Å². The van der Waals surface area contributed by atoms with Gasteiger partial charge in [0.15, 0.2) is 11.5 Å². The van der Waals surface area contributed by atoms with Gasteiger partial charge in [0, 0.05) is 24.9 Å². The molecule has 1 aliphatic heterocycles. The van der Waals surface area contributed by atoms with Crippen LogP contribution in [0.4, 0.5) is 0 Å². The number of nitrogens with one attached hydrogen (secondary N) is 1. The molecule has 9 heteroatoms. The Morgan fingerprint density at radius 2 is 2.13 bits per heavy atom. The summed E-state index contributed by atoms with van der Waals surface area (Å²) in [5.74, 6) is 1.85. The Morgan fingerprint density at radius 3 is 2.90 bits per heavy atom. The van der Waals surface area contributed by atoms with Crippen LogP contribution in [0.15, 0.2) is 41.1 Å². The van der Waals surface area contributed by atoms with E-state index in [4.69, 9.17) is 18.7 Å². The van der Waals surface area contributed by atoms with Gasteiger partial charge in [-0.1, -0.05) is 5.16 Å². The summed E-state index contributed by atoms with van der Waals surface area (Å²) >= 11 is 0. The Balaban J connectivity index is 1.46. The van der Waals surface area contributed by atoms with Crippen molar-refractivity contribution in [1.82, 2.24) is 20.0 Å². The summed E-state index contributed by atoms with van der Waals surface area (Å²) in [7, 11) is 3.15. The summed E-state index contributed by atoms with van der Waals surface area (Å²) in [6.45, 7) is 1.45. The first-order valence-corrected chi connectivity index (χ1v) is 9.78. The topological polar surface area (TPSA) is 101 Å². The maximum atomic E-state index is 12.3. The van der Waals surface area contributed by atoms with Crippen molar-refractivity contribution in [2.24, 2.45) is 0 Å². The SMILES string of the molecule is COc1ccc(-c2noc(-c3cccn3CC(=O)NC[C@@H]3CCCO3)n2)cc1OC. The molecular formula is C21H24N4O5. The first kappa shape index (κ1) is 20.0. The third-order valence-corrected chi connectivity index (χ3v) is 4.98. The minimum Gasteiger partial charge on any atom is -0.493 e. The third-order valence-electron chi connectivity index (χ3n) is 4.98. The molecule has 0 bridgehead atoms. The highest BCUT2D eigenvalue weighted by Gasteiger charge is 2.19. The molecule has 4 rings (SSSR count). The maximum Gasteiger partial charge on any atom is 0.274 e. The van der Waals surface area contributed by atoms with Gasteiger partial charge < -0.3 is 28.6 Å². The lowest BCUT2D eigenvalue weighted by atomic mass is 10.2. The molecule has 9 nitrogen and oxygen atoms in total. The van der Waals surface area contributed by atoms with Crippen molar-refractivity contribution in [2.75, 3.05) is 27.4 Å². The van der Waals surface area contributed by atoms with Crippen molar-refractivity contribution in [1.29, 1.82) is 0 Å². The van der Waals surface area contributed by atoms with Gasteiger partial charge in [-0.25, -0.2) is 0 Å². The highest BCUT2D eigenvalue weighted by Crippen LogP contribution is 2.32. The minimum atomic E-state index is -0.0948. The van der Waals surface area contributed by atoms with Crippen molar-refractivity contribution >= 4 is 5.91 Å². The van der Waals surface area contributed by atoms with Crippen LogP contribution in [0.1, 0.15) is 12.8 Å². The molecule has 0 spiro atoms. The van der Waals surface area contributed by atoms with Crippen molar-refractivity contribution in [3.05, 3.63) is 36.5 Å². The molecule has 158 valence electrons. The fraction of sp³-hybridized carbons (Fsp3) is 0.381. The lowest BCUT2D eigenvalue weighted by Crippen LogP contribution is -2.34. The zero-order valence-electron chi connectivity index (χ0n) is 17.0. The normalized spacial score (nSPS) is 15.9. The van der Waals surface area contributed by atoms with Crippen molar-refractivity contribution in [3.63, 3.8) is 0 Å². The molecule has 0 aliphatic carbocycles. The quantitative estimate of drug-likeness (QED) is 0.607. The number of benzene rings is 1. The summed E-state index contributed by atoms with van der Waals surface area (Å²) in [4.78, 5) is 16.8. The number of hydrogen-bond acceptors (Lipinski definition) is 7. The molecule has 0 unspecified atom stereocenters. The van der Waals surface area contributed by atoms with Gasteiger partial charge in [-0.15, -0.1) is 0 Å². The number of aromatic nitrogens is 3. The predicted molar refractivity (Wildman–Crippen MR) is 108 cm³/mol. The third kappa shape index (κ3) is 4.30. The summed E-state index contributed by atoms with van der Waals surface area (Å²) in [5.41, 5.74) is 1.40. The molecule has 3 aromatic rings. The van der Waals surface area contributed by atoms with Gasteiger partial charge in [-0.2, -0.15) is 4.98 Å². The zero-order valence-corrected chi connectivity index (χ0v) is 17.0. The summed E-state index contributed by atoms with van der Waals surface area (Å²) in [5, 5.41) is 6.99. The average molecular weight is 412 g/mol. The van der Waals surface area contributed by atoms with E-state index in [0.717, 1.165) is 25.0 Å². The van der Waals surface area contributed by atoms with Crippen LogP contribution in [0.5, 0.6) is 11.5 Å². The van der Waals surface area contributed by atoms with Gasteiger partial charge in [-0.05, 0) is 43.2 Å². The molecule has 3 heterocycles. The first-order valence-electron chi connectivity index (χ1n) is 9.78. The molecule has 1 aliphatic rings. The standard InChI is InChI=1S/C21H24N4O5/c1-27-17-8-7-14(11-18(17)28-2)20-23-21(30-24-20)16-6-3-9-25(16)13-19(26)22-12-15-5-4-10-29-15/h3,6-9,11,15H,4-5,10,12-13H2,1-2H3,(H,22,26)/t15-/m0/s1. The van der Waals surface area contributed by atoms with Crippen LogP contribution in [-0.4, -0.2) is 54.1 Å². The molecule has 0 radical (unpaired) electrons. The van der Waals surface area contributed by atoms with Crippen molar-refractivity contribution in [2.45, 2.75) is 25.5 Å². The predicted octanol–water partition coefficient (Wildman–Crippen LogP) is 2.52. The number of methoxy groups -OCH3 is 2. The molecule has 1 aromatic carbocycles. The van der Waals surface area contributed by atoms with E-state index < -0.39 is 0 Å². The zero-order chi connectivity index (χ0) is 20.9. The lowest BCUT2D eigenvalue weighted by molar-refractivity contribution is -0.122. The van der Waals surface area contributed by atoms with E-state index in [0.29, 0.717) is 35.5 Å². The first-order chi connectivity index (χ1) is 14.7. The monoisotopic (exact) mass is 412 g/mol. The fourth-order valence-electron chi connectivity index (χ4n) is 3.41. The summed E-state index contributed by atoms with van der Waals surface area (Å²) in [6.07, 6.45) is 3.94. The Morgan fingerprint density at radius 1 is 1.27 bits per heavy atom. The van der Waals surface area contributed by atoms with E-state index in [1.807, 2.05) is 18.2 Å². The molecule has 1 saturated heterocycles. The van der Waals surface area contributed by atoms with E-state index in [2.05, 4.69) is 15.5 Å². The Labute approximate surface area is 173 Å². The van der Waals surface area contributed by atoms with E-state index in [-0.39, 0.29) is 18.6 Å². The highest BCUT2D eigenvalue weighted by atomic mass is 16.5. The van der Waals surface area contributed by atoms with Crippen molar-refractivity contribution in [3.8, 4) is 34.5 Å².